The summed E-state index contributed by atoms with van der Waals surface area (Å²) in [5, 5.41) is 6.89. The van der Waals surface area contributed by atoms with Gasteiger partial charge in [-0.05, 0) is 26.8 Å². The van der Waals surface area contributed by atoms with Crippen molar-refractivity contribution >= 4 is 28.4 Å². The van der Waals surface area contributed by atoms with Crippen molar-refractivity contribution in [2.75, 3.05) is 24.1 Å². The highest BCUT2D eigenvalue weighted by molar-refractivity contribution is 5.96. The summed E-state index contributed by atoms with van der Waals surface area (Å²) in [6.45, 7) is 14.5. The van der Waals surface area contributed by atoms with Gasteiger partial charge in [-0.1, -0.05) is 45.9 Å². The number of hydrogen-bond donors (Lipinski definition) is 3. The van der Waals surface area contributed by atoms with Crippen LogP contribution in [0.5, 0.6) is 0 Å². The molecule has 2 aromatic rings. The van der Waals surface area contributed by atoms with Crippen LogP contribution in [0.2, 0.25) is 0 Å². The lowest BCUT2D eigenvalue weighted by atomic mass is 10.1. The number of nitrogen functional groups attached to an aromatic ring is 1. The first-order valence-corrected chi connectivity index (χ1v) is 9.21. The molecular weight excluding hydrogens is 328 g/mol. The smallest absolute Gasteiger partial charge is 0.407 e. The zero-order chi connectivity index (χ0) is 20.2. The molecule has 6 nitrogen and oxygen atoms in total. The molecular formula is C20H34N4O2. The molecule has 0 spiro atoms. The third kappa shape index (κ3) is 8.05. The van der Waals surface area contributed by atoms with E-state index in [1.807, 2.05) is 72.7 Å². The van der Waals surface area contributed by atoms with Crippen molar-refractivity contribution < 1.29 is 9.53 Å². The van der Waals surface area contributed by atoms with Crippen LogP contribution in [0, 0.1) is 0 Å². The van der Waals surface area contributed by atoms with Gasteiger partial charge in [-0.2, -0.15) is 0 Å². The minimum absolute atomic E-state index is 0.429. The van der Waals surface area contributed by atoms with Crippen molar-refractivity contribution in [1.29, 1.82) is 0 Å². The lowest BCUT2D eigenvalue weighted by molar-refractivity contribution is 0.0530. The molecule has 1 aromatic carbocycles. The van der Waals surface area contributed by atoms with Crippen LogP contribution >= 0.6 is 0 Å². The van der Waals surface area contributed by atoms with Crippen molar-refractivity contribution in [2.24, 2.45) is 0 Å². The molecule has 26 heavy (non-hydrogen) atoms. The number of benzene rings is 1. The van der Waals surface area contributed by atoms with Crippen LogP contribution in [0.1, 0.15) is 48.5 Å². The molecule has 1 aromatic heterocycles. The Morgan fingerprint density at radius 1 is 1.12 bits per heavy atom. The predicted octanol–water partition coefficient (Wildman–Crippen LogP) is 4.81. The Morgan fingerprint density at radius 2 is 1.73 bits per heavy atom. The van der Waals surface area contributed by atoms with E-state index in [-0.39, 0.29) is 0 Å². The van der Waals surface area contributed by atoms with Crippen molar-refractivity contribution in [1.82, 2.24) is 10.3 Å². The molecule has 0 saturated heterocycles. The normalized spacial score (nSPS) is 9.96. The molecule has 2 rings (SSSR count). The van der Waals surface area contributed by atoms with E-state index in [1.54, 1.807) is 6.20 Å². The number of nitrogens with one attached hydrogen (secondary N) is 2. The minimum atomic E-state index is -0.497. The van der Waals surface area contributed by atoms with Gasteiger partial charge < -0.3 is 21.1 Å². The third-order valence-electron chi connectivity index (χ3n) is 2.90. The van der Waals surface area contributed by atoms with Gasteiger partial charge in [0.05, 0.1) is 23.1 Å². The van der Waals surface area contributed by atoms with E-state index >= 15 is 0 Å². The number of nitrogens with two attached hydrogens (primary N) is 1. The first-order chi connectivity index (χ1) is 12.4. The Balaban J connectivity index is 0.00000146. The fourth-order valence-electron chi connectivity index (χ4n) is 2.02. The van der Waals surface area contributed by atoms with Crippen molar-refractivity contribution in [3.05, 3.63) is 30.5 Å². The number of amides is 1. The van der Waals surface area contributed by atoms with E-state index in [1.165, 1.54) is 0 Å². The summed E-state index contributed by atoms with van der Waals surface area (Å²) >= 11 is 0. The number of para-hydroxylation sites is 1. The Kier molecular flexibility index (Phi) is 10.8. The second-order valence-corrected chi connectivity index (χ2v) is 5.96. The standard InChI is InChI=1S/C16H22N4O2.2C2H6/c1-16(2,3)22-15(21)19-9-8-18-14-11-6-4-5-7-13(11)20-10-12(14)17;2*1-2/h4-7,10H,8-9,17H2,1-3H3,(H,18,20)(H,19,21);2*1-2H3. The highest BCUT2D eigenvalue weighted by Gasteiger charge is 2.15. The van der Waals surface area contributed by atoms with Crippen LogP contribution in [-0.2, 0) is 4.74 Å². The SMILES string of the molecule is CC.CC.CC(C)(C)OC(=O)NCCNc1c(N)cnc2ccccc12. The quantitative estimate of drug-likeness (QED) is 0.679. The maximum atomic E-state index is 11.6. The second kappa shape index (κ2) is 12.0. The van der Waals surface area contributed by atoms with Gasteiger partial charge in [0.25, 0.3) is 0 Å². The van der Waals surface area contributed by atoms with Crippen LogP contribution in [0.15, 0.2) is 30.5 Å². The number of ether oxygens (including phenoxy) is 1. The number of carbonyl (C=O) groups excluding carboxylic acids is 1. The number of rotatable bonds is 4. The van der Waals surface area contributed by atoms with Gasteiger partial charge >= 0.3 is 6.09 Å². The monoisotopic (exact) mass is 362 g/mol. The molecule has 0 aliphatic heterocycles. The molecule has 0 atom stereocenters. The number of fused-ring (bicyclic) bond motifs is 1. The van der Waals surface area contributed by atoms with Crippen LogP contribution in [0.3, 0.4) is 0 Å². The number of carbonyl (C=O) groups is 1. The number of alkyl carbamates (subject to hydrolysis) is 1. The fourth-order valence-corrected chi connectivity index (χ4v) is 2.02. The van der Waals surface area contributed by atoms with Crippen LogP contribution in [0.4, 0.5) is 16.2 Å². The lowest BCUT2D eigenvalue weighted by Crippen LogP contribution is -2.35. The highest BCUT2D eigenvalue weighted by atomic mass is 16.6. The number of nitrogens with zero attached hydrogens (tertiary/aromatic N) is 1. The summed E-state index contributed by atoms with van der Waals surface area (Å²) in [5.41, 5.74) is 7.76. The predicted molar refractivity (Wildman–Crippen MR) is 112 cm³/mol. The van der Waals surface area contributed by atoms with E-state index in [2.05, 4.69) is 15.6 Å². The maximum Gasteiger partial charge on any atom is 0.407 e. The molecule has 146 valence electrons. The molecule has 0 aliphatic rings. The summed E-state index contributed by atoms with van der Waals surface area (Å²) in [4.78, 5) is 15.8. The molecule has 0 bridgehead atoms. The molecule has 0 unspecified atom stereocenters. The van der Waals surface area contributed by atoms with E-state index in [4.69, 9.17) is 10.5 Å². The average Bonchev–Trinajstić information content (AvgIpc) is 2.62. The molecule has 1 amide bonds. The van der Waals surface area contributed by atoms with E-state index < -0.39 is 11.7 Å². The van der Waals surface area contributed by atoms with E-state index in [0.717, 1.165) is 16.6 Å². The Bertz CT molecular complexity index is 666. The summed E-state index contributed by atoms with van der Waals surface area (Å²) in [5.74, 6) is 0. The van der Waals surface area contributed by atoms with Crippen molar-refractivity contribution in [2.45, 2.75) is 54.1 Å². The maximum absolute atomic E-state index is 11.6. The number of pyridine rings is 1. The average molecular weight is 363 g/mol. The molecule has 1 heterocycles. The fraction of sp³-hybridized carbons (Fsp3) is 0.500. The van der Waals surface area contributed by atoms with Crippen LogP contribution < -0.4 is 16.4 Å². The van der Waals surface area contributed by atoms with Crippen LogP contribution in [0.25, 0.3) is 10.9 Å². The van der Waals surface area contributed by atoms with Gasteiger partial charge in [-0.25, -0.2) is 4.79 Å². The Hall–Kier alpha value is -2.50. The molecule has 0 aliphatic carbocycles. The van der Waals surface area contributed by atoms with E-state index in [0.29, 0.717) is 18.8 Å². The highest BCUT2D eigenvalue weighted by Crippen LogP contribution is 2.27. The van der Waals surface area contributed by atoms with Gasteiger partial charge in [0.1, 0.15) is 5.60 Å². The third-order valence-corrected chi connectivity index (χ3v) is 2.90. The molecule has 0 fully saturated rings. The van der Waals surface area contributed by atoms with Gasteiger partial charge in [0.2, 0.25) is 0 Å². The van der Waals surface area contributed by atoms with E-state index in [9.17, 15) is 4.79 Å². The summed E-state index contributed by atoms with van der Waals surface area (Å²) in [6, 6.07) is 7.76. The Morgan fingerprint density at radius 3 is 2.35 bits per heavy atom. The zero-order valence-corrected chi connectivity index (χ0v) is 17.1. The Labute approximate surface area is 157 Å². The minimum Gasteiger partial charge on any atom is -0.444 e. The first-order valence-electron chi connectivity index (χ1n) is 9.21. The lowest BCUT2D eigenvalue weighted by Gasteiger charge is -2.20. The number of hydrogen-bond acceptors (Lipinski definition) is 5. The molecule has 4 N–H and O–H groups in total. The largest absolute Gasteiger partial charge is 0.444 e. The molecule has 0 saturated carbocycles. The van der Waals surface area contributed by atoms with Crippen molar-refractivity contribution in [3.8, 4) is 0 Å². The van der Waals surface area contributed by atoms with Crippen LogP contribution in [-0.4, -0.2) is 29.8 Å². The summed E-state index contributed by atoms with van der Waals surface area (Å²) in [7, 11) is 0. The van der Waals surface area contributed by atoms with Crippen molar-refractivity contribution in [3.63, 3.8) is 0 Å². The van der Waals surface area contributed by atoms with Gasteiger partial charge in [0, 0.05) is 18.5 Å². The molecule has 6 heteroatoms. The first kappa shape index (κ1) is 23.5. The van der Waals surface area contributed by atoms with Gasteiger partial charge in [0.15, 0.2) is 0 Å². The number of aromatic nitrogens is 1. The topological polar surface area (TPSA) is 89.3 Å². The van der Waals surface area contributed by atoms with Gasteiger partial charge in [-0.15, -0.1) is 0 Å². The summed E-state index contributed by atoms with van der Waals surface area (Å²) in [6.07, 6.45) is 1.20. The zero-order valence-electron chi connectivity index (χ0n) is 17.1. The second-order valence-electron chi connectivity index (χ2n) is 5.96. The van der Waals surface area contributed by atoms with Gasteiger partial charge in [-0.3, -0.25) is 4.98 Å². The molecule has 0 radical (unpaired) electrons. The number of anilines is 2. The summed E-state index contributed by atoms with van der Waals surface area (Å²) < 4.78 is 5.17.